The van der Waals surface area contributed by atoms with Crippen molar-refractivity contribution in [2.24, 2.45) is 32.7 Å². The molecule has 4 heteroatoms. The van der Waals surface area contributed by atoms with E-state index in [0.717, 1.165) is 59.3 Å². The zero-order chi connectivity index (χ0) is 50.4. The number of amidine groups is 2. The lowest BCUT2D eigenvalue weighted by molar-refractivity contribution is 0.353. The SMILES string of the molecule is C#C.C=C.C=C(/C=C\C=C/C)C(=NC)NC(=NCc1ccccc1)c1cc(CN=C/C=C2/C=CCCCC2)cc(-c2cccc(CC3C=C[C@@H](C)C[C@@H]3C(CC)=C(C)C)c2)c1.CC.CC.CC. The molecule has 1 N–H and O–H groups in total. The van der Waals surface area contributed by atoms with Crippen molar-refractivity contribution in [2.75, 3.05) is 7.05 Å². The number of hydrogen-bond acceptors (Lipinski definition) is 3. The van der Waals surface area contributed by atoms with Crippen molar-refractivity contribution in [3.63, 3.8) is 0 Å². The van der Waals surface area contributed by atoms with Crippen LogP contribution in [0.1, 0.15) is 137 Å². The van der Waals surface area contributed by atoms with Crippen LogP contribution in [0.4, 0.5) is 0 Å². The highest BCUT2D eigenvalue weighted by molar-refractivity contribution is 6.15. The summed E-state index contributed by atoms with van der Waals surface area (Å²) in [6.07, 6.45) is 37.6. The maximum absolute atomic E-state index is 5.20. The number of benzene rings is 3. The molecule has 0 saturated heterocycles. The van der Waals surface area contributed by atoms with E-state index < -0.39 is 0 Å². The molecule has 0 radical (unpaired) electrons. The average molecular weight is 901 g/mol. The maximum atomic E-state index is 5.20. The molecule has 0 saturated carbocycles. The molecule has 0 fully saturated rings. The van der Waals surface area contributed by atoms with Crippen LogP contribution in [-0.4, -0.2) is 24.9 Å². The summed E-state index contributed by atoms with van der Waals surface area (Å²) in [6, 6.07) is 26.3. The first-order chi connectivity index (χ1) is 32.8. The van der Waals surface area contributed by atoms with E-state index in [1.165, 1.54) is 41.5 Å². The smallest absolute Gasteiger partial charge is 0.134 e. The quantitative estimate of drug-likeness (QED) is 0.0566. The lowest BCUT2D eigenvalue weighted by Gasteiger charge is -2.33. The molecule has 0 spiro atoms. The fraction of sp³-hybridized carbons (Fsp3) is 0.381. The summed E-state index contributed by atoms with van der Waals surface area (Å²) in [4.78, 5) is 14.7. The standard InChI is InChI=1S/C53H64N4.3C2H6.C2H4.C2H2/c1-8-10-14-20-41(6)52(54-7)57-53(56-38-43-23-17-13-18-24-43)49-35-45(37-55-30-29-42-21-15-11-12-16-22-42)34-48(36-49)46-26-19-25-44(32-46)33-47-28-27-40(5)31-51(47)50(9-2)39(3)4;5*1-2/h8,10,13-15,17-21,23-30,32,34-36,40,47,51H,6,9,11-12,16,22,31,33,37-38H2,1-5,7H3,(H,54,56,57);3*1-2H3;1-2H2;1-2H/b10-8-,20-14-,42-29-,55-30?;;;;;/t40-,47?,51+;;;;;/m1...../s1. The van der Waals surface area contributed by atoms with E-state index in [4.69, 9.17) is 9.98 Å². The second-order valence-corrected chi connectivity index (χ2v) is 15.7. The number of aliphatic imine (C=N–C) groups is 3. The van der Waals surface area contributed by atoms with E-state index in [0.29, 0.717) is 36.7 Å². The Labute approximate surface area is 411 Å². The molecule has 0 heterocycles. The van der Waals surface area contributed by atoms with Crippen molar-refractivity contribution in [3.8, 4) is 24.0 Å². The largest absolute Gasteiger partial charge is 0.325 e. The molecule has 3 aromatic carbocycles. The van der Waals surface area contributed by atoms with Gasteiger partial charge in [0.1, 0.15) is 11.7 Å². The van der Waals surface area contributed by atoms with Crippen molar-refractivity contribution in [3.05, 3.63) is 192 Å². The summed E-state index contributed by atoms with van der Waals surface area (Å²) >= 11 is 0. The van der Waals surface area contributed by atoms with Gasteiger partial charge in [-0.25, -0.2) is 0 Å². The minimum atomic E-state index is 0.484. The Balaban J connectivity index is 0.00000408. The van der Waals surface area contributed by atoms with Crippen molar-refractivity contribution in [1.29, 1.82) is 0 Å². The molecule has 3 atom stereocenters. The van der Waals surface area contributed by atoms with Crippen LogP contribution in [0.3, 0.4) is 0 Å². The number of rotatable bonds is 14. The van der Waals surface area contributed by atoms with Gasteiger partial charge in [-0.15, -0.1) is 26.0 Å². The van der Waals surface area contributed by atoms with E-state index in [2.05, 4.69) is 168 Å². The van der Waals surface area contributed by atoms with Gasteiger partial charge in [-0.2, -0.15) is 0 Å². The first-order valence-corrected chi connectivity index (χ1v) is 24.9. The summed E-state index contributed by atoms with van der Waals surface area (Å²) in [5.41, 5.74) is 12.2. The Morgan fingerprint density at radius 2 is 1.51 bits per heavy atom. The zero-order valence-corrected chi connectivity index (χ0v) is 43.9. The molecule has 360 valence electrons. The lowest BCUT2D eigenvalue weighted by atomic mass is 9.71. The molecular formula is C63H88N4. The van der Waals surface area contributed by atoms with Gasteiger partial charge in [-0.3, -0.25) is 15.0 Å². The van der Waals surface area contributed by atoms with Gasteiger partial charge in [0, 0.05) is 24.4 Å². The van der Waals surface area contributed by atoms with Crippen molar-refractivity contribution in [1.82, 2.24) is 5.32 Å². The molecule has 0 aliphatic heterocycles. The summed E-state index contributed by atoms with van der Waals surface area (Å²) in [6.45, 7) is 34.7. The number of hydrogen-bond donors (Lipinski definition) is 1. The van der Waals surface area contributed by atoms with Crippen LogP contribution < -0.4 is 5.32 Å². The zero-order valence-electron chi connectivity index (χ0n) is 43.9. The van der Waals surface area contributed by atoms with Crippen LogP contribution in [0, 0.1) is 30.6 Å². The Kier molecular flexibility index (Phi) is 34.7. The Hall–Kier alpha value is -6.05. The fourth-order valence-corrected chi connectivity index (χ4v) is 8.02. The topological polar surface area (TPSA) is 49.1 Å². The highest BCUT2D eigenvalue weighted by Crippen LogP contribution is 2.39. The monoisotopic (exact) mass is 901 g/mol. The van der Waals surface area contributed by atoms with Gasteiger partial charge in [0.15, 0.2) is 0 Å². The number of terminal acetylenes is 1. The number of allylic oxidation sites excluding steroid dienone is 11. The van der Waals surface area contributed by atoms with Crippen LogP contribution >= 0.6 is 0 Å². The van der Waals surface area contributed by atoms with Gasteiger partial charge in [-0.05, 0) is 141 Å². The number of nitrogens with one attached hydrogen (secondary N) is 1. The summed E-state index contributed by atoms with van der Waals surface area (Å²) in [7, 11) is 1.79. The Morgan fingerprint density at radius 1 is 0.821 bits per heavy atom. The fourth-order valence-electron chi connectivity index (χ4n) is 8.02. The van der Waals surface area contributed by atoms with Crippen LogP contribution in [0.25, 0.3) is 11.1 Å². The molecule has 1 unspecified atom stereocenters. The Morgan fingerprint density at radius 3 is 2.16 bits per heavy atom. The van der Waals surface area contributed by atoms with Gasteiger partial charge < -0.3 is 5.32 Å². The average Bonchev–Trinajstić information content (AvgIpc) is 3.66. The van der Waals surface area contributed by atoms with Gasteiger partial charge in [-0.1, -0.05) is 176 Å². The van der Waals surface area contributed by atoms with Crippen molar-refractivity contribution in [2.45, 2.75) is 134 Å². The highest BCUT2D eigenvalue weighted by Gasteiger charge is 2.28. The predicted octanol–water partition coefficient (Wildman–Crippen LogP) is 17.5. The van der Waals surface area contributed by atoms with Crippen molar-refractivity contribution < 1.29 is 0 Å². The third kappa shape index (κ3) is 22.3. The molecule has 67 heavy (non-hydrogen) atoms. The second-order valence-electron chi connectivity index (χ2n) is 15.7. The van der Waals surface area contributed by atoms with E-state index in [-0.39, 0.29) is 0 Å². The first-order valence-electron chi connectivity index (χ1n) is 24.9. The molecule has 4 nitrogen and oxygen atoms in total. The van der Waals surface area contributed by atoms with E-state index >= 15 is 0 Å². The second kappa shape index (κ2) is 38.1. The van der Waals surface area contributed by atoms with E-state index in [9.17, 15) is 0 Å². The molecule has 0 aromatic heterocycles. The van der Waals surface area contributed by atoms with Crippen LogP contribution in [0.15, 0.2) is 184 Å². The van der Waals surface area contributed by atoms with Crippen LogP contribution in [0.2, 0.25) is 0 Å². The molecule has 5 rings (SSSR count). The highest BCUT2D eigenvalue weighted by atomic mass is 15.1. The van der Waals surface area contributed by atoms with Gasteiger partial charge in [0.25, 0.3) is 0 Å². The molecule has 2 aliphatic rings. The first kappa shape index (κ1) is 60.9. The van der Waals surface area contributed by atoms with Crippen LogP contribution in [-0.2, 0) is 19.5 Å². The van der Waals surface area contributed by atoms with Crippen molar-refractivity contribution >= 4 is 17.9 Å². The predicted molar refractivity (Wildman–Crippen MR) is 303 cm³/mol. The van der Waals surface area contributed by atoms with E-state index in [1.807, 2.05) is 85.1 Å². The summed E-state index contributed by atoms with van der Waals surface area (Å²) in [5.74, 6) is 3.08. The number of nitrogens with zero attached hydrogens (tertiary/aromatic N) is 3. The van der Waals surface area contributed by atoms with Gasteiger partial charge in [0.2, 0.25) is 0 Å². The van der Waals surface area contributed by atoms with Gasteiger partial charge in [0.05, 0.1) is 13.1 Å². The third-order valence-electron chi connectivity index (χ3n) is 11.0. The minimum Gasteiger partial charge on any atom is -0.325 e. The Bertz CT molecular complexity index is 2140. The molecule has 0 amide bonds. The van der Waals surface area contributed by atoms with Crippen LogP contribution in [0.5, 0.6) is 0 Å². The summed E-state index contributed by atoms with van der Waals surface area (Å²) in [5, 5.41) is 3.60. The maximum Gasteiger partial charge on any atom is 0.134 e. The van der Waals surface area contributed by atoms with Gasteiger partial charge >= 0.3 is 0 Å². The normalized spacial score (nSPS) is 17.2. The molecule has 3 aromatic rings. The third-order valence-corrected chi connectivity index (χ3v) is 11.0. The molecule has 2 aliphatic carbocycles. The molecular weight excluding hydrogens is 813 g/mol. The summed E-state index contributed by atoms with van der Waals surface area (Å²) < 4.78 is 0. The molecule has 0 bridgehead atoms. The lowest BCUT2D eigenvalue weighted by Crippen LogP contribution is -2.32. The minimum absolute atomic E-state index is 0.484. The van der Waals surface area contributed by atoms with E-state index in [1.54, 1.807) is 12.6 Å².